The molecule has 0 unspecified atom stereocenters. The molecule has 0 spiro atoms. The molecule has 2 aromatic carbocycles. The van der Waals surface area contributed by atoms with E-state index in [0.717, 1.165) is 0 Å². The van der Waals surface area contributed by atoms with Crippen LogP contribution in [-0.4, -0.2) is 55.8 Å². The zero-order valence-electron chi connectivity index (χ0n) is 15.5. The first-order valence-corrected chi connectivity index (χ1v) is 8.55. The van der Waals surface area contributed by atoms with Crippen LogP contribution in [0.1, 0.15) is 0 Å². The van der Waals surface area contributed by atoms with E-state index in [0.29, 0.717) is 30.4 Å². The lowest BCUT2D eigenvalue weighted by Gasteiger charge is -2.29. The van der Waals surface area contributed by atoms with Gasteiger partial charge >= 0.3 is 5.69 Å². The number of rotatable bonds is 7. The van der Waals surface area contributed by atoms with Gasteiger partial charge in [0.2, 0.25) is 0 Å². The number of hydrogen-bond donors (Lipinski definition) is 0. The number of hydrogen-bond acceptors (Lipinski definition) is 7. The largest absolute Gasteiger partial charge is 0.496 e. The number of carbonyl (C=O) groups is 1. The van der Waals surface area contributed by atoms with Gasteiger partial charge in [0.05, 0.1) is 24.6 Å². The Balaban J connectivity index is 1.56. The van der Waals surface area contributed by atoms with Crippen LogP contribution in [0.3, 0.4) is 0 Å². The fourth-order valence-corrected chi connectivity index (χ4v) is 2.70. The molecule has 1 amide bonds. The summed E-state index contributed by atoms with van der Waals surface area (Å²) < 4.78 is 21.8. The second-order valence-corrected chi connectivity index (χ2v) is 6.15. The summed E-state index contributed by atoms with van der Waals surface area (Å²) in [5, 5.41) is 11.2. The number of benzene rings is 2. The summed E-state index contributed by atoms with van der Waals surface area (Å²) in [7, 11) is 3.02. The molecule has 28 heavy (non-hydrogen) atoms. The number of nitro groups is 1. The number of fused-ring (bicyclic) bond motifs is 1. The van der Waals surface area contributed by atoms with Crippen LogP contribution in [-0.2, 0) is 4.79 Å². The van der Waals surface area contributed by atoms with E-state index in [-0.39, 0.29) is 30.1 Å². The van der Waals surface area contributed by atoms with E-state index < -0.39 is 4.92 Å². The molecule has 1 heterocycles. The van der Waals surface area contributed by atoms with Gasteiger partial charge in [0, 0.05) is 7.05 Å². The highest BCUT2D eigenvalue weighted by molar-refractivity contribution is 5.77. The predicted molar refractivity (Wildman–Crippen MR) is 99.1 cm³/mol. The highest BCUT2D eigenvalue weighted by atomic mass is 16.6. The Labute approximate surface area is 161 Å². The summed E-state index contributed by atoms with van der Waals surface area (Å²) in [6.07, 6.45) is -0.320. The van der Waals surface area contributed by atoms with Crippen molar-refractivity contribution in [1.29, 1.82) is 0 Å². The molecule has 0 N–H and O–H groups in total. The number of para-hydroxylation sites is 2. The van der Waals surface area contributed by atoms with Crippen molar-refractivity contribution < 1.29 is 28.7 Å². The van der Waals surface area contributed by atoms with Gasteiger partial charge in [-0.05, 0) is 24.3 Å². The average Bonchev–Trinajstić information content (AvgIpc) is 2.71. The third kappa shape index (κ3) is 4.43. The average molecular weight is 388 g/mol. The Morgan fingerprint density at radius 2 is 2.04 bits per heavy atom. The summed E-state index contributed by atoms with van der Waals surface area (Å²) in [6.45, 7) is 0.272. The van der Waals surface area contributed by atoms with Crippen molar-refractivity contribution in [3.05, 3.63) is 52.6 Å². The van der Waals surface area contributed by atoms with E-state index in [1.807, 2.05) is 18.2 Å². The summed E-state index contributed by atoms with van der Waals surface area (Å²) in [6, 6.07) is 11.5. The summed E-state index contributed by atoms with van der Waals surface area (Å²) in [4.78, 5) is 24.4. The smallest absolute Gasteiger partial charge is 0.314 e. The Morgan fingerprint density at radius 1 is 1.29 bits per heavy atom. The number of methoxy groups -OCH3 is 1. The first-order chi connectivity index (χ1) is 13.5. The van der Waals surface area contributed by atoms with Crippen LogP contribution in [0.5, 0.6) is 23.0 Å². The van der Waals surface area contributed by atoms with Crippen LogP contribution >= 0.6 is 0 Å². The van der Waals surface area contributed by atoms with E-state index in [1.54, 1.807) is 13.1 Å². The van der Waals surface area contributed by atoms with Crippen molar-refractivity contribution in [1.82, 2.24) is 4.90 Å². The number of nitrogens with zero attached hydrogens (tertiary/aromatic N) is 2. The molecule has 148 valence electrons. The van der Waals surface area contributed by atoms with Gasteiger partial charge in [-0.2, -0.15) is 0 Å². The summed E-state index contributed by atoms with van der Waals surface area (Å²) >= 11 is 0. The van der Waals surface area contributed by atoms with Crippen LogP contribution in [0.25, 0.3) is 0 Å². The highest BCUT2D eigenvalue weighted by Crippen LogP contribution is 2.32. The van der Waals surface area contributed by atoms with Crippen LogP contribution in [0.2, 0.25) is 0 Å². The van der Waals surface area contributed by atoms with Gasteiger partial charge in [0.25, 0.3) is 5.91 Å². The van der Waals surface area contributed by atoms with Crippen molar-refractivity contribution in [2.24, 2.45) is 0 Å². The van der Waals surface area contributed by atoms with Crippen LogP contribution in [0, 0.1) is 10.1 Å². The zero-order valence-corrected chi connectivity index (χ0v) is 15.5. The maximum absolute atomic E-state index is 12.3. The maximum atomic E-state index is 12.3. The maximum Gasteiger partial charge on any atom is 0.314 e. The van der Waals surface area contributed by atoms with Gasteiger partial charge in [-0.3, -0.25) is 14.9 Å². The number of ether oxygens (including phenoxy) is 4. The second-order valence-electron chi connectivity index (χ2n) is 6.15. The molecule has 9 heteroatoms. The normalized spacial score (nSPS) is 14.9. The Hall–Kier alpha value is -3.49. The second kappa shape index (κ2) is 8.47. The van der Waals surface area contributed by atoms with Gasteiger partial charge in [0.15, 0.2) is 30.0 Å². The minimum Gasteiger partial charge on any atom is -0.496 e. The third-order valence-electron chi connectivity index (χ3n) is 4.18. The standard InChI is InChI=1S/C19H20N2O7/c1-20(10-14-11-26-17-5-3-4-6-18(17)28-14)19(22)12-27-16-8-7-13(25-2)9-15(16)21(23)24/h3-9,14H,10-12H2,1-2H3/t14-/m0/s1. The highest BCUT2D eigenvalue weighted by Gasteiger charge is 2.24. The molecular weight excluding hydrogens is 368 g/mol. The third-order valence-corrected chi connectivity index (χ3v) is 4.18. The molecule has 0 bridgehead atoms. The molecule has 1 aliphatic rings. The van der Waals surface area contributed by atoms with Gasteiger partial charge in [-0.15, -0.1) is 0 Å². The van der Waals surface area contributed by atoms with Gasteiger partial charge in [-0.1, -0.05) is 12.1 Å². The van der Waals surface area contributed by atoms with Gasteiger partial charge in [0.1, 0.15) is 12.4 Å². The first-order valence-electron chi connectivity index (χ1n) is 8.55. The fourth-order valence-electron chi connectivity index (χ4n) is 2.70. The van der Waals surface area contributed by atoms with Crippen molar-refractivity contribution in [3.8, 4) is 23.0 Å². The molecule has 0 aromatic heterocycles. The molecule has 2 aromatic rings. The Bertz CT molecular complexity index is 871. The topological polar surface area (TPSA) is 100 Å². The molecule has 1 atom stereocenters. The molecule has 0 saturated heterocycles. The number of nitro benzene ring substituents is 1. The van der Waals surface area contributed by atoms with Gasteiger partial charge < -0.3 is 23.8 Å². The minimum atomic E-state index is -0.587. The van der Waals surface area contributed by atoms with E-state index in [2.05, 4.69) is 0 Å². The minimum absolute atomic E-state index is 0.00118. The molecule has 1 aliphatic heterocycles. The van der Waals surface area contributed by atoms with Crippen LogP contribution in [0.4, 0.5) is 5.69 Å². The molecule has 9 nitrogen and oxygen atoms in total. The van der Waals surface area contributed by atoms with Crippen molar-refractivity contribution in [2.75, 3.05) is 33.9 Å². The predicted octanol–water partition coefficient (Wildman–Crippen LogP) is 2.28. The van der Waals surface area contributed by atoms with E-state index >= 15 is 0 Å². The molecule has 0 saturated carbocycles. The molecule has 3 rings (SSSR count). The zero-order chi connectivity index (χ0) is 20.1. The SMILES string of the molecule is COc1ccc(OCC(=O)N(C)C[C@H]2COc3ccccc3O2)c([N+](=O)[O-])c1. The summed E-state index contributed by atoms with van der Waals surface area (Å²) in [5.74, 6) is 1.29. The fraction of sp³-hybridized carbons (Fsp3) is 0.316. The Morgan fingerprint density at radius 3 is 2.75 bits per heavy atom. The monoisotopic (exact) mass is 388 g/mol. The Kier molecular flexibility index (Phi) is 5.83. The quantitative estimate of drug-likeness (QED) is 0.530. The molecule has 0 aliphatic carbocycles. The van der Waals surface area contributed by atoms with Crippen molar-refractivity contribution in [3.63, 3.8) is 0 Å². The molecule has 0 radical (unpaired) electrons. The lowest BCUT2D eigenvalue weighted by molar-refractivity contribution is -0.385. The number of likely N-dealkylation sites (N-methyl/N-ethyl adjacent to an activating group) is 1. The van der Waals surface area contributed by atoms with Crippen molar-refractivity contribution >= 4 is 11.6 Å². The van der Waals surface area contributed by atoms with Gasteiger partial charge in [-0.25, -0.2) is 0 Å². The van der Waals surface area contributed by atoms with Crippen molar-refractivity contribution in [2.45, 2.75) is 6.10 Å². The lowest BCUT2D eigenvalue weighted by Crippen LogP contribution is -2.43. The molecule has 0 fully saturated rings. The van der Waals surface area contributed by atoms with Crippen LogP contribution < -0.4 is 18.9 Å². The van der Waals surface area contributed by atoms with Crippen LogP contribution in [0.15, 0.2) is 42.5 Å². The first kappa shape index (κ1) is 19.3. The van der Waals surface area contributed by atoms with E-state index in [1.165, 1.54) is 30.2 Å². The lowest BCUT2D eigenvalue weighted by atomic mass is 10.2. The summed E-state index contributed by atoms with van der Waals surface area (Å²) in [5.41, 5.74) is -0.268. The number of carbonyl (C=O) groups excluding carboxylic acids is 1. The van der Waals surface area contributed by atoms with E-state index in [4.69, 9.17) is 18.9 Å². The number of amides is 1. The molecular formula is C19H20N2O7. The van der Waals surface area contributed by atoms with E-state index in [9.17, 15) is 14.9 Å².